The summed E-state index contributed by atoms with van der Waals surface area (Å²) in [5.41, 5.74) is 4.38. The summed E-state index contributed by atoms with van der Waals surface area (Å²) in [5, 5.41) is 21.7. The van der Waals surface area contributed by atoms with Gasteiger partial charge in [-0.05, 0) is 71.8 Å². The molecule has 14 heteroatoms. The van der Waals surface area contributed by atoms with Crippen LogP contribution in [0.4, 0.5) is 11.4 Å². The molecule has 338 valence electrons. The lowest BCUT2D eigenvalue weighted by Gasteiger charge is -2.22. The third kappa shape index (κ3) is 14.8. The number of benzene rings is 5. The summed E-state index contributed by atoms with van der Waals surface area (Å²) in [6.07, 6.45) is 3.30. The zero-order valence-electron chi connectivity index (χ0n) is 36.2. The molecule has 0 unspecified atom stereocenters. The first-order valence-electron chi connectivity index (χ1n) is 21.8. The molecule has 0 atom stereocenters. The Kier molecular flexibility index (Phi) is 18.2. The Hall–Kier alpha value is -6.00. The predicted octanol–water partition coefficient (Wildman–Crippen LogP) is 7.21. The van der Waals surface area contributed by atoms with Gasteiger partial charge in [-0.1, -0.05) is 48.5 Å². The first kappa shape index (κ1) is 46.0. The minimum Gasteiger partial charge on any atom is -0.507 e. The van der Waals surface area contributed by atoms with Gasteiger partial charge >= 0.3 is 0 Å². The first-order chi connectivity index (χ1) is 31.6. The van der Waals surface area contributed by atoms with E-state index in [-0.39, 0.29) is 11.5 Å². The van der Waals surface area contributed by atoms with Crippen molar-refractivity contribution in [1.82, 2.24) is 9.80 Å². The molecule has 2 N–H and O–H groups in total. The van der Waals surface area contributed by atoms with E-state index in [1.54, 1.807) is 24.6 Å². The molecule has 2 aliphatic heterocycles. The molecule has 0 radical (unpaired) electrons. The van der Waals surface area contributed by atoms with Gasteiger partial charge in [-0.15, -0.1) is 0 Å². The van der Waals surface area contributed by atoms with Crippen LogP contribution in [0.3, 0.4) is 0 Å². The van der Waals surface area contributed by atoms with E-state index in [9.17, 15) is 10.2 Å². The van der Waals surface area contributed by atoms with Crippen molar-refractivity contribution in [1.29, 1.82) is 0 Å². The SMILES string of the molecule is Oc1ccc(CN2CCOCCOc3ccccc3OCCOCC2)cc1C=Nc1ccccc1N=Cc1cc(CN2CCOCCOc3ccccc3OCCOCC2)ccc1O. The van der Waals surface area contributed by atoms with Gasteiger partial charge in [0.15, 0.2) is 23.0 Å². The number of phenols is 2. The highest BCUT2D eigenvalue weighted by Gasteiger charge is 2.13. The number of ether oxygens (including phenoxy) is 8. The average Bonchev–Trinajstić information content (AvgIpc) is 3.32. The standard InChI is InChI=1S/C50H58N4O10/c55-45-15-13-39(37-53-17-21-57-25-29-61-47-9-3-4-10-48(47)62-30-26-58-22-18-53)33-41(45)35-51-43-7-1-2-8-44(43)52-36-42-34-40(14-16-46(42)56)38-54-19-23-59-27-31-63-49-11-5-6-12-50(49)64-32-28-60-24-20-54/h1-16,33-36,55-56H,17-32,37-38H2. The zero-order chi connectivity index (χ0) is 44.0. The number of hydrogen-bond acceptors (Lipinski definition) is 14. The van der Waals surface area contributed by atoms with Gasteiger partial charge < -0.3 is 48.1 Å². The summed E-state index contributed by atoms with van der Waals surface area (Å²) in [7, 11) is 0. The van der Waals surface area contributed by atoms with Gasteiger partial charge in [0.2, 0.25) is 0 Å². The summed E-state index contributed by atoms with van der Waals surface area (Å²) in [6, 6.07) is 33.8. The largest absolute Gasteiger partial charge is 0.507 e. The molecule has 0 bridgehead atoms. The Morgan fingerprint density at radius 1 is 0.406 bits per heavy atom. The van der Waals surface area contributed by atoms with Crippen LogP contribution in [0, 0.1) is 0 Å². The molecule has 0 spiro atoms. The van der Waals surface area contributed by atoms with Gasteiger partial charge in [-0.3, -0.25) is 19.8 Å². The van der Waals surface area contributed by atoms with E-state index in [0.717, 1.165) is 11.1 Å². The Labute approximate surface area is 375 Å². The molecule has 2 heterocycles. The molecule has 0 aromatic heterocycles. The van der Waals surface area contributed by atoms with Crippen LogP contribution in [-0.4, -0.2) is 138 Å². The van der Waals surface area contributed by atoms with Crippen LogP contribution in [0.15, 0.2) is 119 Å². The Morgan fingerprint density at radius 2 is 0.734 bits per heavy atom. The number of hydrogen-bond donors (Lipinski definition) is 2. The number of fused-ring (bicyclic) bond motifs is 2. The van der Waals surface area contributed by atoms with Crippen molar-refractivity contribution >= 4 is 23.8 Å². The number of phenolic OH excluding ortho intramolecular Hbond substituents is 2. The number of nitrogens with zero attached hydrogens (tertiary/aromatic N) is 4. The Balaban J connectivity index is 0.952. The Morgan fingerprint density at radius 3 is 1.08 bits per heavy atom. The number of aromatic hydroxyl groups is 2. The molecular formula is C50H58N4O10. The van der Waals surface area contributed by atoms with Crippen LogP contribution in [0.25, 0.3) is 0 Å². The second kappa shape index (κ2) is 25.3. The normalized spacial score (nSPS) is 17.2. The Bertz CT molecular complexity index is 2030. The fourth-order valence-electron chi connectivity index (χ4n) is 7.03. The smallest absolute Gasteiger partial charge is 0.161 e. The number of para-hydroxylation sites is 6. The second-order valence-electron chi connectivity index (χ2n) is 15.1. The molecule has 0 amide bonds. The van der Waals surface area contributed by atoms with E-state index in [1.165, 1.54) is 0 Å². The molecule has 7 rings (SSSR count). The van der Waals surface area contributed by atoms with Gasteiger partial charge in [-0.2, -0.15) is 0 Å². The fraction of sp³-hybridized carbons (Fsp3) is 0.360. The monoisotopic (exact) mass is 874 g/mol. The molecule has 0 saturated carbocycles. The number of rotatable bonds is 8. The van der Waals surface area contributed by atoms with Gasteiger partial charge in [-0.25, -0.2) is 0 Å². The van der Waals surface area contributed by atoms with Crippen molar-refractivity contribution in [3.8, 4) is 34.5 Å². The van der Waals surface area contributed by atoms with Crippen LogP contribution in [-0.2, 0) is 32.0 Å². The van der Waals surface area contributed by atoms with E-state index >= 15 is 0 Å². The third-order valence-corrected chi connectivity index (χ3v) is 10.4. The quantitative estimate of drug-likeness (QED) is 0.152. The van der Waals surface area contributed by atoms with E-state index in [0.29, 0.717) is 164 Å². The van der Waals surface area contributed by atoms with E-state index in [1.807, 2.05) is 97.1 Å². The fourth-order valence-corrected chi connectivity index (χ4v) is 7.03. The maximum absolute atomic E-state index is 10.8. The summed E-state index contributed by atoms with van der Waals surface area (Å²) >= 11 is 0. The van der Waals surface area contributed by atoms with E-state index in [2.05, 4.69) is 9.80 Å². The van der Waals surface area contributed by atoms with Crippen LogP contribution >= 0.6 is 0 Å². The lowest BCUT2D eigenvalue weighted by atomic mass is 10.1. The maximum Gasteiger partial charge on any atom is 0.161 e. The molecule has 5 aromatic carbocycles. The topological polar surface area (TPSA) is 146 Å². The molecule has 2 aliphatic rings. The van der Waals surface area contributed by atoms with E-state index in [4.69, 9.17) is 47.9 Å². The molecule has 0 saturated heterocycles. The molecule has 0 fully saturated rings. The van der Waals surface area contributed by atoms with Crippen molar-refractivity contribution in [2.45, 2.75) is 13.1 Å². The lowest BCUT2D eigenvalue weighted by molar-refractivity contribution is 0.0574. The predicted molar refractivity (Wildman–Crippen MR) is 246 cm³/mol. The minimum atomic E-state index is 0.116. The van der Waals surface area contributed by atoms with Gasteiger partial charge in [0.05, 0.1) is 64.2 Å². The maximum atomic E-state index is 10.8. The highest BCUT2D eigenvalue weighted by Crippen LogP contribution is 2.30. The highest BCUT2D eigenvalue weighted by atomic mass is 16.6. The van der Waals surface area contributed by atoms with Crippen molar-refractivity contribution in [2.24, 2.45) is 9.98 Å². The van der Waals surface area contributed by atoms with Crippen molar-refractivity contribution in [3.63, 3.8) is 0 Å². The zero-order valence-corrected chi connectivity index (χ0v) is 36.2. The molecule has 14 nitrogen and oxygen atoms in total. The van der Waals surface area contributed by atoms with Crippen LogP contribution in [0.1, 0.15) is 22.3 Å². The first-order valence-corrected chi connectivity index (χ1v) is 21.8. The van der Waals surface area contributed by atoms with Gasteiger partial charge in [0.1, 0.15) is 37.9 Å². The van der Waals surface area contributed by atoms with Crippen LogP contribution < -0.4 is 18.9 Å². The third-order valence-electron chi connectivity index (χ3n) is 10.4. The highest BCUT2D eigenvalue weighted by molar-refractivity contribution is 5.89. The molecule has 5 aromatic rings. The number of aliphatic imine (C=N–C) groups is 2. The minimum absolute atomic E-state index is 0.116. The molecular weight excluding hydrogens is 817 g/mol. The summed E-state index contributed by atoms with van der Waals surface area (Å²) in [4.78, 5) is 14.0. The second-order valence-corrected chi connectivity index (χ2v) is 15.1. The summed E-state index contributed by atoms with van der Waals surface area (Å²) in [5.74, 6) is 2.99. The van der Waals surface area contributed by atoms with Crippen LogP contribution in [0.5, 0.6) is 34.5 Å². The molecule has 0 aliphatic carbocycles. The summed E-state index contributed by atoms with van der Waals surface area (Å²) < 4.78 is 47.2. The summed E-state index contributed by atoms with van der Waals surface area (Å²) in [6.45, 7) is 9.58. The van der Waals surface area contributed by atoms with Crippen molar-refractivity contribution < 1.29 is 48.1 Å². The van der Waals surface area contributed by atoms with Crippen LogP contribution in [0.2, 0.25) is 0 Å². The van der Waals surface area contributed by atoms with Crippen molar-refractivity contribution in [3.05, 3.63) is 131 Å². The van der Waals surface area contributed by atoms with E-state index < -0.39 is 0 Å². The van der Waals surface area contributed by atoms with Gasteiger partial charge in [0.25, 0.3) is 0 Å². The molecule has 64 heavy (non-hydrogen) atoms. The van der Waals surface area contributed by atoms with Gasteiger partial charge in [0, 0.05) is 62.8 Å². The van der Waals surface area contributed by atoms with Crippen molar-refractivity contribution in [2.75, 3.05) is 105 Å². The average molecular weight is 875 g/mol. The lowest BCUT2D eigenvalue weighted by Crippen LogP contribution is -2.31.